The summed E-state index contributed by atoms with van der Waals surface area (Å²) >= 11 is 0. The molecule has 1 aromatic rings. The van der Waals surface area contributed by atoms with E-state index in [-0.39, 0.29) is 25.5 Å². The fraction of sp³-hybridized carbons (Fsp3) is 0.462. The Morgan fingerprint density at radius 3 is 2.53 bits per heavy atom. The molecular formula is C13H19NO3. The standard InChI is InChI=1S/C13H19NO3/c1-2-17-12(16)13(10-14,8-9-15)11-6-4-3-5-7-11/h3-7,15H,2,8-10,14H2,1H3. The Labute approximate surface area is 101 Å². The molecule has 0 aliphatic carbocycles. The molecule has 1 aromatic carbocycles. The minimum atomic E-state index is -0.938. The van der Waals surface area contributed by atoms with Gasteiger partial charge in [-0.05, 0) is 18.9 Å². The Balaban J connectivity index is 3.12. The van der Waals surface area contributed by atoms with Gasteiger partial charge in [0.15, 0.2) is 0 Å². The summed E-state index contributed by atoms with van der Waals surface area (Å²) in [5.41, 5.74) is 5.59. The lowest BCUT2D eigenvalue weighted by molar-refractivity contribution is -0.150. The molecule has 0 saturated heterocycles. The minimum absolute atomic E-state index is 0.106. The molecule has 0 bridgehead atoms. The number of hydrogen-bond donors (Lipinski definition) is 2. The molecule has 0 saturated carbocycles. The van der Waals surface area contributed by atoms with E-state index in [1.807, 2.05) is 30.3 Å². The number of hydrogen-bond acceptors (Lipinski definition) is 4. The van der Waals surface area contributed by atoms with E-state index in [2.05, 4.69) is 0 Å². The number of rotatable bonds is 6. The van der Waals surface area contributed by atoms with Crippen LogP contribution in [0.1, 0.15) is 18.9 Å². The number of carbonyl (C=O) groups is 1. The van der Waals surface area contributed by atoms with E-state index in [9.17, 15) is 4.79 Å². The zero-order chi connectivity index (χ0) is 12.7. The molecule has 0 aliphatic heterocycles. The van der Waals surface area contributed by atoms with Crippen molar-refractivity contribution in [2.45, 2.75) is 18.8 Å². The Morgan fingerprint density at radius 2 is 2.06 bits per heavy atom. The topological polar surface area (TPSA) is 72.5 Å². The number of nitrogens with two attached hydrogens (primary N) is 1. The summed E-state index contributed by atoms with van der Waals surface area (Å²) in [5.74, 6) is -0.372. The first-order chi connectivity index (χ1) is 8.21. The lowest BCUT2D eigenvalue weighted by Gasteiger charge is -2.29. The predicted molar refractivity (Wildman–Crippen MR) is 65.5 cm³/mol. The molecule has 0 amide bonds. The second-order valence-electron chi connectivity index (χ2n) is 3.85. The molecule has 0 fully saturated rings. The van der Waals surface area contributed by atoms with Gasteiger partial charge < -0.3 is 15.6 Å². The smallest absolute Gasteiger partial charge is 0.317 e. The molecule has 0 aliphatic rings. The number of aliphatic hydroxyl groups excluding tert-OH is 1. The van der Waals surface area contributed by atoms with Gasteiger partial charge >= 0.3 is 5.97 Å². The molecule has 1 rings (SSSR count). The van der Waals surface area contributed by atoms with Crippen LogP contribution in [-0.4, -0.2) is 30.8 Å². The second-order valence-corrected chi connectivity index (χ2v) is 3.85. The molecule has 94 valence electrons. The third-order valence-electron chi connectivity index (χ3n) is 2.88. The highest BCUT2D eigenvalue weighted by molar-refractivity contribution is 5.83. The summed E-state index contributed by atoms with van der Waals surface area (Å²) in [4.78, 5) is 12.1. The van der Waals surface area contributed by atoms with Crippen LogP contribution < -0.4 is 5.73 Å². The van der Waals surface area contributed by atoms with E-state index in [1.165, 1.54) is 0 Å². The maximum absolute atomic E-state index is 12.1. The van der Waals surface area contributed by atoms with E-state index < -0.39 is 5.41 Å². The third-order valence-corrected chi connectivity index (χ3v) is 2.88. The zero-order valence-electron chi connectivity index (χ0n) is 10.1. The monoisotopic (exact) mass is 237 g/mol. The average molecular weight is 237 g/mol. The van der Waals surface area contributed by atoms with Crippen LogP contribution in [0.2, 0.25) is 0 Å². The lowest BCUT2D eigenvalue weighted by Crippen LogP contribution is -2.45. The van der Waals surface area contributed by atoms with Crippen molar-refractivity contribution in [1.29, 1.82) is 0 Å². The molecule has 4 heteroatoms. The van der Waals surface area contributed by atoms with Crippen LogP contribution in [0.3, 0.4) is 0 Å². The van der Waals surface area contributed by atoms with Crippen LogP contribution in [0.25, 0.3) is 0 Å². The molecule has 0 heterocycles. The van der Waals surface area contributed by atoms with Crippen molar-refractivity contribution in [2.75, 3.05) is 19.8 Å². The van der Waals surface area contributed by atoms with E-state index in [1.54, 1.807) is 6.92 Å². The van der Waals surface area contributed by atoms with Crippen molar-refractivity contribution in [2.24, 2.45) is 5.73 Å². The Kier molecular flexibility index (Phi) is 5.12. The summed E-state index contributed by atoms with van der Waals surface area (Å²) in [6, 6.07) is 9.22. The first kappa shape index (κ1) is 13.7. The third kappa shape index (κ3) is 2.84. The predicted octanol–water partition coefficient (Wildman–Crippen LogP) is 0.829. The Hall–Kier alpha value is -1.39. The van der Waals surface area contributed by atoms with Gasteiger partial charge in [0.1, 0.15) is 5.41 Å². The van der Waals surface area contributed by atoms with Crippen molar-refractivity contribution < 1.29 is 14.6 Å². The van der Waals surface area contributed by atoms with Crippen LogP contribution in [0.15, 0.2) is 30.3 Å². The molecular weight excluding hydrogens is 218 g/mol. The average Bonchev–Trinajstić information content (AvgIpc) is 2.37. The van der Waals surface area contributed by atoms with Crippen LogP contribution >= 0.6 is 0 Å². The van der Waals surface area contributed by atoms with Crippen molar-refractivity contribution in [3.05, 3.63) is 35.9 Å². The molecule has 0 spiro atoms. The highest BCUT2D eigenvalue weighted by atomic mass is 16.5. The van der Waals surface area contributed by atoms with Crippen LogP contribution in [0, 0.1) is 0 Å². The van der Waals surface area contributed by atoms with Crippen molar-refractivity contribution >= 4 is 5.97 Å². The van der Waals surface area contributed by atoms with Crippen molar-refractivity contribution in [3.8, 4) is 0 Å². The van der Waals surface area contributed by atoms with Crippen LogP contribution in [0.5, 0.6) is 0 Å². The number of aliphatic hydroxyl groups is 1. The summed E-state index contributed by atoms with van der Waals surface area (Å²) in [7, 11) is 0. The SMILES string of the molecule is CCOC(=O)C(CN)(CCO)c1ccccc1. The van der Waals surface area contributed by atoms with Gasteiger partial charge in [-0.1, -0.05) is 30.3 Å². The maximum Gasteiger partial charge on any atom is 0.317 e. The van der Waals surface area contributed by atoms with Gasteiger partial charge in [-0.2, -0.15) is 0 Å². The lowest BCUT2D eigenvalue weighted by atomic mass is 9.78. The van der Waals surface area contributed by atoms with E-state index >= 15 is 0 Å². The molecule has 1 atom stereocenters. The van der Waals surface area contributed by atoms with Crippen molar-refractivity contribution in [3.63, 3.8) is 0 Å². The number of ether oxygens (including phenoxy) is 1. The summed E-state index contributed by atoms with van der Waals surface area (Å²) in [5, 5.41) is 9.15. The molecule has 4 nitrogen and oxygen atoms in total. The molecule has 0 aromatic heterocycles. The summed E-state index contributed by atoms with van der Waals surface area (Å²) in [6.45, 7) is 2.07. The zero-order valence-corrected chi connectivity index (χ0v) is 10.1. The van der Waals surface area contributed by atoms with E-state index in [0.29, 0.717) is 6.61 Å². The van der Waals surface area contributed by atoms with Crippen LogP contribution in [0.4, 0.5) is 0 Å². The first-order valence-electron chi connectivity index (χ1n) is 5.75. The van der Waals surface area contributed by atoms with Gasteiger partial charge in [0.25, 0.3) is 0 Å². The Bertz CT molecular complexity index is 353. The van der Waals surface area contributed by atoms with Crippen LogP contribution in [-0.2, 0) is 14.9 Å². The van der Waals surface area contributed by atoms with E-state index in [4.69, 9.17) is 15.6 Å². The molecule has 0 radical (unpaired) electrons. The van der Waals surface area contributed by atoms with Gasteiger partial charge in [-0.15, -0.1) is 0 Å². The molecule has 1 unspecified atom stereocenters. The normalized spacial score (nSPS) is 14.1. The van der Waals surface area contributed by atoms with Gasteiger partial charge in [0.05, 0.1) is 6.61 Å². The molecule has 3 N–H and O–H groups in total. The van der Waals surface area contributed by atoms with Gasteiger partial charge in [-0.3, -0.25) is 4.79 Å². The fourth-order valence-electron chi connectivity index (χ4n) is 1.88. The van der Waals surface area contributed by atoms with E-state index in [0.717, 1.165) is 5.56 Å². The summed E-state index contributed by atoms with van der Waals surface area (Å²) in [6.07, 6.45) is 0.270. The maximum atomic E-state index is 12.1. The first-order valence-corrected chi connectivity index (χ1v) is 5.75. The highest BCUT2D eigenvalue weighted by Crippen LogP contribution is 2.28. The highest BCUT2D eigenvalue weighted by Gasteiger charge is 2.39. The van der Waals surface area contributed by atoms with Gasteiger partial charge in [-0.25, -0.2) is 0 Å². The second kappa shape index (κ2) is 6.37. The molecule has 17 heavy (non-hydrogen) atoms. The number of esters is 1. The van der Waals surface area contributed by atoms with Crippen molar-refractivity contribution in [1.82, 2.24) is 0 Å². The quantitative estimate of drug-likeness (QED) is 0.719. The largest absolute Gasteiger partial charge is 0.465 e. The van der Waals surface area contributed by atoms with Gasteiger partial charge in [0, 0.05) is 13.2 Å². The fourth-order valence-corrected chi connectivity index (χ4v) is 1.88. The minimum Gasteiger partial charge on any atom is -0.465 e. The summed E-state index contributed by atoms with van der Waals surface area (Å²) < 4.78 is 5.08. The Morgan fingerprint density at radius 1 is 1.41 bits per heavy atom. The number of carbonyl (C=O) groups excluding carboxylic acids is 1. The number of benzene rings is 1. The van der Waals surface area contributed by atoms with Gasteiger partial charge in [0.2, 0.25) is 0 Å².